The third-order valence-corrected chi connectivity index (χ3v) is 4.50. The number of hydrogen-bond donors (Lipinski definition) is 3. The third kappa shape index (κ3) is 5.62. The monoisotopic (exact) mass is 363 g/mol. The van der Waals surface area contributed by atoms with Gasteiger partial charge >= 0.3 is 12.0 Å². The number of carboxylic acids is 1. The van der Waals surface area contributed by atoms with E-state index in [-0.39, 0.29) is 30.8 Å². The minimum Gasteiger partial charge on any atom is -0.491 e. The van der Waals surface area contributed by atoms with Crippen molar-refractivity contribution in [1.82, 2.24) is 10.2 Å². The van der Waals surface area contributed by atoms with E-state index in [1.807, 2.05) is 50.8 Å². The molecule has 0 unspecified atom stereocenters. The Kier molecular flexibility index (Phi) is 6.85. The molecule has 0 heterocycles. The lowest BCUT2D eigenvalue weighted by atomic mass is 9.85. The van der Waals surface area contributed by atoms with Crippen molar-refractivity contribution in [3.8, 4) is 5.75 Å². The van der Waals surface area contributed by atoms with E-state index in [1.165, 1.54) is 0 Å². The molecule has 3 N–H and O–H groups in total. The Morgan fingerprint density at radius 1 is 1.35 bits per heavy atom. The topological polar surface area (TPSA) is 90.9 Å². The Bertz CT molecular complexity index is 642. The quantitative estimate of drug-likeness (QED) is 0.661. The van der Waals surface area contributed by atoms with Crippen LogP contribution >= 0.6 is 0 Å². The highest BCUT2D eigenvalue weighted by Gasteiger charge is 2.34. The number of amides is 2. The van der Waals surface area contributed by atoms with Crippen LogP contribution < -0.4 is 15.4 Å². The van der Waals surface area contributed by atoms with Gasteiger partial charge in [0.25, 0.3) is 0 Å². The fraction of sp³-hybridized carbons (Fsp3) is 0.579. The Morgan fingerprint density at radius 3 is 2.58 bits per heavy atom. The number of carbonyl (C=O) groups is 2. The van der Waals surface area contributed by atoms with Gasteiger partial charge in [-0.3, -0.25) is 9.69 Å². The normalized spacial score (nSPS) is 19.2. The molecule has 0 aromatic heterocycles. The molecule has 7 heteroatoms. The van der Waals surface area contributed by atoms with Gasteiger partial charge in [-0.1, -0.05) is 6.92 Å². The molecular weight excluding hydrogens is 334 g/mol. The first-order valence-corrected chi connectivity index (χ1v) is 9.09. The lowest BCUT2D eigenvalue weighted by molar-refractivity contribution is -0.139. The van der Waals surface area contributed by atoms with Gasteiger partial charge in [-0.2, -0.15) is 0 Å². The Morgan fingerprint density at radius 2 is 2.04 bits per heavy atom. The van der Waals surface area contributed by atoms with Crippen molar-refractivity contribution < 1.29 is 19.4 Å². The summed E-state index contributed by atoms with van der Waals surface area (Å²) in [7, 11) is 0. The molecule has 144 valence electrons. The van der Waals surface area contributed by atoms with Crippen LogP contribution in [0.1, 0.15) is 39.2 Å². The van der Waals surface area contributed by atoms with Crippen LogP contribution in [0.4, 0.5) is 10.5 Å². The second kappa shape index (κ2) is 8.89. The molecule has 0 aliphatic heterocycles. The standard InChI is InChI=1S/C19H29N3O4/c1-5-22(11-18(23)24)16-9-15(10-16)21-19(25)20-14-6-7-17(13(4)8-14)26-12(2)3/h6-8,12,15-16H,5,9-11H2,1-4H3,(H,23,24)(H2,20,21,25). The van der Waals surface area contributed by atoms with Gasteiger partial charge in [0.1, 0.15) is 5.75 Å². The van der Waals surface area contributed by atoms with E-state index >= 15 is 0 Å². The second-order valence-electron chi connectivity index (χ2n) is 7.02. The van der Waals surface area contributed by atoms with E-state index in [0.29, 0.717) is 12.2 Å². The first kappa shape index (κ1) is 20.0. The van der Waals surface area contributed by atoms with Crippen LogP contribution in [0.15, 0.2) is 18.2 Å². The zero-order valence-electron chi connectivity index (χ0n) is 15.9. The number of nitrogens with zero attached hydrogens (tertiary/aromatic N) is 1. The van der Waals surface area contributed by atoms with Crippen molar-refractivity contribution in [3.05, 3.63) is 23.8 Å². The molecule has 2 amide bonds. The van der Waals surface area contributed by atoms with E-state index in [9.17, 15) is 9.59 Å². The number of urea groups is 1. The van der Waals surface area contributed by atoms with E-state index in [1.54, 1.807) is 0 Å². The molecule has 1 saturated carbocycles. The summed E-state index contributed by atoms with van der Waals surface area (Å²) in [6.45, 7) is 8.58. The van der Waals surface area contributed by atoms with Crippen LogP contribution in [-0.2, 0) is 4.79 Å². The van der Waals surface area contributed by atoms with Crippen LogP contribution in [0, 0.1) is 6.92 Å². The van der Waals surface area contributed by atoms with Crippen molar-refractivity contribution in [2.45, 2.75) is 58.7 Å². The number of carboxylic acid groups (broad SMARTS) is 1. The number of anilines is 1. The number of aliphatic carboxylic acids is 1. The molecule has 1 aliphatic rings. The van der Waals surface area contributed by atoms with Crippen molar-refractivity contribution in [1.29, 1.82) is 0 Å². The summed E-state index contributed by atoms with van der Waals surface area (Å²) in [6, 6.07) is 5.61. The molecule has 1 aromatic rings. The highest BCUT2D eigenvalue weighted by atomic mass is 16.5. The lowest BCUT2D eigenvalue weighted by Gasteiger charge is -2.42. The summed E-state index contributed by atoms with van der Waals surface area (Å²) in [5.74, 6) is -0.00727. The Labute approximate surface area is 154 Å². The molecular formula is C19H29N3O4. The molecule has 7 nitrogen and oxygen atoms in total. The number of nitrogens with one attached hydrogen (secondary N) is 2. The minimum absolute atomic E-state index is 0.0458. The average Bonchev–Trinajstić information content (AvgIpc) is 2.50. The fourth-order valence-electron chi connectivity index (χ4n) is 3.14. The average molecular weight is 363 g/mol. The SMILES string of the molecule is CCN(CC(=O)O)C1CC(NC(=O)Nc2ccc(OC(C)C)c(C)c2)C1. The summed E-state index contributed by atoms with van der Waals surface area (Å²) < 4.78 is 5.69. The highest BCUT2D eigenvalue weighted by Crippen LogP contribution is 2.26. The summed E-state index contributed by atoms with van der Waals surface area (Å²) >= 11 is 0. The number of carbonyl (C=O) groups excluding carboxylic acids is 1. The highest BCUT2D eigenvalue weighted by molar-refractivity contribution is 5.89. The molecule has 1 fully saturated rings. The van der Waals surface area contributed by atoms with E-state index < -0.39 is 5.97 Å². The lowest BCUT2D eigenvalue weighted by Crippen LogP contribution is -2.55. The summed E-state index contributed by atoms with van der Waals surface area (Å²) in [6.07, 6.45) is 1.65. The maximum atomic E-state index is 12.2. The van der Waals surface area contributed by atoms with Crippen molar-refractivity contribution in [3.63, 3.8) is 0 Å². The van der Waals surface area contributed by atoms with Crippen molar-refractivity contribution in [2.24, 2.45) is 0 Å². The number of ether oxygens (including phenoxy) is 1. The molecule has 0 bridgehead atoms. The number of hydrogen-bond acceptors (Lipinski definition) is 4. The van der Waals surface area contributed by atoms with E-state index in [0.717, 1.165) is 24.2 Å². The number of benzene rings is 1. The van der Waals surface area contributed by atoms with Gasteiger partial charge in [0, 0.05) is 17.8 Å². The number of aryl methyl sites for hydroxylation is 1. The van der Waals surface area contributed by atoms with Gasteiger partial charge < -0.3 is 20.5 Å². The van der Waals surface area contributed by atoms with Crippen molar-refractivity contribution in [2.75, 3.05) is 18.4 Å². The number of likely N-dealkylation sites (N-methyl/N-ethyl adjacent to an activating group) is 1. The largest absolute Gasteiger partial charge is 0.491 e. The first-order valence-electron chi connectivity index (χ1n) is 9.09. The van der Waals surface area contributed by atoms with Crippen LogP contribution in [0.5, 0.6) is 5.75 Å². The Balaban J connectivity index is 1.79. The van der Waals surface area contributed by atoms with Crippen LogP contribution in [0.2, 0.25) is 0 Å². The van der Waals surface area contributed by atoms with Gasteiger partial charge in [0.2, 0.25) is 0 Å². The molecule has 1 aromatic carbocycles. The third-order valence-electron chi connectivity index (χ3n) is 4.50. The molecule has 0 spiro atoms. The van der Waals surface area contributed by atoms with Crippen molar-refractivity contribution >= 4 is 17.7 Å². The van der Waals surface area contributed by atoms with Crippen LogP contribution in [0.3, 0.4) is 0 Å². The van der Waals surface area contributed by atoms with E-state index in [2.05, 4.69) is 10.6 Å². The molecule has 26 heavy (non-hydrogen) atoms. The Hall–Kier alpha value is -2.28. The zero-order chi connectivity index (χ0) is 19.3. The smallest absolute Gasteiger partial charge is 0.319 e. The zero-order valence-corrected chi connectivity index (χ0v) is 15.9. The number of rotatable bonds is 8. The molecule has 0 saturated heterocycles. The summed E-state index contributed by atoms with van der Waals surface area (Å²) in [4.78, 5) is 24.9. The predicted octanol–water partition coefficient (Wildman–Crippen LogP) is 2.84. The van der Waals surface area contributed by atoms with Gasteiger partial charge in [0.05, 0.1) is 12.6 Å². The predicted molar refractivity (Wildman–Crippen MR) is 101 cm³/mol. The first-order chi connectivity index (χ1) is 12.3. The maximum Gasteiger partial charge on any atom is 0.319 e. The molecule has 0 atom stereocenters. The summed E-state index contributed by atoms with van der Waals surface area (Å²) in [5.41, 5.74) is 1.68. The molecule has 2 rings (SSSR count). The molecule has 1 aliphatic carbocycles. The minimum atomic E-state index is -0.818. The summed E-state index contributed by atoms with van der Waals surface area (Å²) in [5, 5.41) is 14.7. The second-order valence-corrected chi connectivity index (χ2v) is 7.02. The van der Waals surface area contributed by atoms with E-state index in [4.69, 9.17) is 9.84 Å². The van der Waals surface area contributed by atoms with Gasteiger partial charge in [-0.15, -0.1) is 0 Å². The van der Waals surface area contributed by atoms with Gasteiger partial charge in [0.15, 0.2) is 0 Å². The van der Waals surface area contributed by atoms with Crippen LogP contribution in [-0.4, -0.2) is 53.3 Å². The van der Waals surface area contributed by atoms with Gasteiger partial charge in [-0.25, -0.2) is 4.79 Å². The van der Waals surface area contributed by atoms with Crippen LogP contribution in [0.25, 0.3) is 0 Å². The van der Waals surface area contributed by atoms with Gasteiger partial charge in [-0.05, 0) is 63.9 Å². The fourth-order valence-corrected chi connectivity index (χ4v) is 3.14. The maximum absolute atomic E-state index is 12.2. The molecule has 0 radical (unpaired) electrons.